The Morgan fingerprint density at radius 2 is 2.06 bits per heavy atom. The number of nitrogen functional groups attached to an aromatic ring is 1. The third kappa shape index (κ3) is 4.97. The number of nitrogens with zero attached hydrogens (tertiary/aromatic N) is 2. The van der Waals surface area contributed by atoms with Gasteiger partial charge in [0.2, 0.25) is 0 Å². The monoisotopic (exact) mass is 241 g/mol. The SMILES string of the molecule is Nc1nccnc1SCCCCCC(=O)O. The van der Waals surface area contributed by atoms with E-state index in [0.717, 1.165) is 30.0 Å². The maximum atomic E-state index is 10.3. The van der Waals surface area contributed by atoms with Gasteiger partial charge in [-0.2, -0.15) is 0 Å². The number of carbonyl (C=O) groups is 1. The zero-order valence-corrected chi connectivity index (χ0v) is 9.74. The minimum absolute atomic E-state index is 0.248. The summed E-state index contributed by atoms with van der Waals surface area (Å²) in [6, 6.07) is 0. The average molecular weight is 241 g/mol. The van der Waals surface area contributed by atoms with Crippen molar-refractivity contribution < 1.29 is 9.90 Å². The van der Waals surface area contributed by atoms with Crippen LogP contribution in [0.2, 0.25) is 0 Å². The van der Waals surface area contributed by atoms with E-state index in [1.165, 1.54) is 0 Å². The summed E-state index contributed by atoms with van der Waals surface area (Å²) in [7, 11) is 0. The molecule has 6 heteroatoms. The quantitative estimate of drug-likeness (QED) is 0.559. The molecule has 1 rings (SSSR count). The zero-order chi connectivity index (χ0) is 11.8. The Bertz CT molecular complexity index is 347. The molecule has 3 N–H and O–H groups in total. The van der Waals surface area contributed by atoms with Gasteiger partial charge in [-0.05, 0) is 18.6 Å². The van der Waals surface area contributed by atoms with Crippen molar-refractivity contribution in [3.63, 3.8) is 0 Å². The number of carboxylic acids is 1. The molecular formula is C10H15N3O2S. The highest BCUT2D eigenvalue weighted by Crippen LogP contribution is 2.21. The van der Waals surface area contributed by atoms with Gasteiger partial charge in [0.1, 0.15) is 5.03 Å². The van der Waals surface area contributed by atoms with Gasteiger partial charge in [-0.1, -0.05) is 6.42 Å². The normalized spacial score (nSPS) is 10.2. The van der Waals surface area contributed by atoms with Crippen molar-refractivity contribution in [1.29, 1.82) is 0 Å². The van der Waals surface area contributed by atoms with Crippen molar-refractivity contribution in [2.45, 2.75) is 30.7 Å². The molecule has 0 spiro atoms. The molecular weight excluding hydrogens is 226 g/mol. The van der Waals surface area contributed by atoms with Crippen LogP contribution in [-0.4, -0.2) is 26.8 Å². The van der Waals surface area contributed by atoms with Crippen LogP contribution in [0.25, 0.3) is 0 Å². The van der Waals surface area contributed by atoms with Gasteiger partial charge in [-0.15, -0.1) is 11.8 Å². The Kier molecular flexibility index (Phi) is 5.63. The van der Waals surface area contributed by atoms with Crippen LogP contribution < -0.4 is 5.73 Å². The molecule has 5 nitrogen and oxygen atoms in total. The summed E-state index contributed by atoms with van der Waals surface area (Å²) in [6.07, 6.45) is 6.03. The molecule has 0 atom stereocenters. The second-order valence-corrected chi connectivity index (χ2v) is 4.38. The molecule has 0 bridgehead atoms. The summed E-state index contributed by atoms with van der Waals surface area (Å²) < 4.78 is 0. The largest absolute Gasteiger partial charge is 0.481 e. The molecule has 0 aromatic carbocycles. The second kappa shape index (κ2) is 7.05. The number of hydrogen-bond donors (Lipinski definition) is 2. The van der Waals surface area contributed by atoms with Gasteiger partial charge in [0, 0.05) is 18.8 Å². The molecule has 1 heterocycles. The molecule has 88 valence electrons. The molecule has 16 heavy (non-hydrogen) atoms. The van der Waals surface area contributed by atoms with Crippen molar-refractivity contribution in [3.05, 3.63) is 12.4 Å². The van der Waals surface area contributed by atoms with Crippen LogP contribution in [-0.2, 0) is 4.79 Å². The number of carboxylic acid groups (broad SMARTS) is 1. The fourth-order valence-corrected chi connectivity index (χ4v) is 2.05. The van der Waals surface area contributed by atoms with Gasteiger partial charge >= 0.3 is 5.97 Å². The van der Waals surface area contributed by atoms with Crippen LogP contribution >= 0.6 is 11.8 Å². The number of anilines is 1. The molecule has 0 fully saturated rings. The molecule has 0 aliphatic heterocycles. The molecule has 0 unspecified atom stereocenters. The number of thioether (sulfide) groups is 1. The molecule has 0 amide bonds. The fourth-order valence-electron chi connectivity index (χ4n) is 1.17. The van der Waals surface area contributed by atoms with Crippen molar-refractivity contribution >= 4 is 23.5 Å². The molecule has 0 aliphatic carbocycles. The molecule has 0 radical (unpaired) electrons. The topological polar surface area (TPSA) is 89.1 Å². The lowest BCUT2D eigenvalue weighted by atomic mass is 10.2. The van der Waals surface area contributed by atoms with E-state index in [2.05, 4.69) is 9.97 Å². The molecule has 1 aromatic rings. The zero-order valence-electron chi connectivity index (χ0n) is 8.93. The lowest BCUT2D eigenvalue weighted by molar-refractivity contribution is -0.137. The van der Waals surface area contributed by atoms with E-state index in [1.807, 2.05) is 0 Å². The number of nitrogens with two attached hydrogens (primary N) is 1. The number of unbranched alkanes of at least 4 members (excludes halogenated alkanes) is 2. The molecule has 0 saturated heterocycles. The second-order valence-electron chi connectivity index (χ2n) is 3.30. The van der Waals surface area contributed by atoms with E-state index in [4.69, 9.17) is 10.8 Å². The summed E-state index contributed by atoms with van der Waals surface area (Å²) in [6.45, 7) is 0. The van der Waals surface area contributed by atoms with Crippen molar-refractivity contribution in [2.24, 2.45) is 0 Å². The van der Waals surface area contributed by atoms with Crippen molar-refractivity contribution in [2.75, 3.05) is 11.5 Å². The van der Waals surface area contributed by atoms with Gasteiger partial charge < -0.3 is 10.8 Å². The Balaban J connectivity index is 2.12. The highest BCUT2D eigenvalue weighted by Gasteiger charge is 2.01. The van der Waals surface area contributed by atoms with E-state index in [1.54, 1.807) is 24.2 Å². The molecule has 0 saturated carbocycles. The van der Waals surface area contributed by atoms with Gasteiger partial charge in [0.25, 0.3) is 0 Å². The van der Waals surface area contributed by atoms with E-state index in [-0.39, 0.29) is 6.42 Å². The standard InChI is InChI=1S/C10H15N3O2S/c11-9-10(13-6-5-12-9)16-7-3-1-2-4-8(14)15/h5-6H,1-4,7H2,(H2,11,12)(H,14,15). The predicted molar refractivity (Wildman–Crippen MR) is 63.3 cm³/mol. The minimum atomic E-state index is -0.731. The first-order valence-corrected chi connectivity index (χ1v) is 6.10. The van der Waals surface area contributed by atoms with E-state index in [9.17, 15) is 4.79 Å². The Morgan fingerprint density at radius 3 is 2.75 bits per heavy atom. The average Bonchev–Trinajstić information content (AvgIpc) is 2.25. The van der Waals surface area contributed by atoms with Crippen molar-refractivity contribution in [1.82, 2.24) is 9.97 Å². The predicted octanol–water partition coefficient (Wildman–Crippen LogP) is 1.80. The van der Waals surface area contributed by atoms with E-state index < -0.39 is 5.97 Å². The van der Waals surface area contributed by atoms with Gasteiger partial charge in [0.05, 0.1) is 0 Å². The number of aliphatic carboxylic acids is 1. The summed E-state index contributed by atoms with van der Waals surface area (Å²) in [5.41, 5.74) is 5.63. The summed E-state index contributed by atoms with van der Waals surface area (Å²) in [5.74, 6) is 0.617. The molecule has 1 aromatic heterocycles. The third-order valence-electron chi connectivity index (χ3n) is 1.96. The van der Waals surface area contributed by atoms with E-state index in [0.29, 0.717) is 5.82 Å². The van der Waals surface area contributed by atoms with Gasteiger partial charge in [-0.3, -0.25) is 4.79 Å². The van der Waals surface area contributed by atoms with Gasteiger partial charge in [0.15, 0.2) is 5.82 Å². The minimum Gasteiger partial charge on any atom is -0.481 e. The van der Waals surface area contributed by atoms with Gasteiger partial charge in [-0.25, -0.2) is 9.97 Å². The number of rotatable bonds is 7. The van der Waals surface area contributed by atoms with E-state index >= 15 is 0 Å². The first-order chi connectivity index (χ1) is 7.70. The third-order valence-corrected chi connectivity index (χ3v) is 3.05. The maximum absolute atomic E-state index is 10.3. The highest BCUT2D eigenvalue weighted by atomic mass is 32.2. The smallest absolute Gasteiger partial charge is 0.303 e. The number of aromatic nitrogens is 2. The Morgan fingerprint density at radius 1 is 1.31 bits per heavy atom. The Hall–Kier alpha value is -1.30. The first-order valence-electron chi connectivity index (χ1n) is 5.11. The summed E-state index contributed by atoms with van der Waals surface area (Å²) in [4.78, 5) is 18.3. The highest BCUT2D eigenvalue weighted by molar-refractivity contribution is 7.99. The lowest BCUT2D eigenvalue weighted by Crippen LogP contribution is -1.96. The first kappa shape index (κ1) is 12.8. The fraction of sp³-hybridized carbons (Fsp3) is 0.500. The van der Waals surface area contributed by atoms with Crippen LogP contribution in [0.15, 0.2) is 17.4 Å². The van der Waals surface area contributed by atoms with Crippen LogP contribution in [0.3, 0.4) is 0 Å². The number of hydrogen-bond acceptors (Lipinski definition) is 5. The summed E-state index contributed by atoms with van der Waals surface area (Å²) >= 11 is 1.56. The van der Waals surface area contributed by atoms with Crippen LogP contribution in [0.4, 0.5) is 5.82 Å². The molecule has 0 aliphatic rings. The van der Waals surface area contributed by atoms with Crippen molar-refractivity contribution in [3.8, 4) is 0 Å². The summed E-state index contributed by atoms with van der Waals surface area (Å²) in [5, 5.41) is 9.20. The van der Waals surface area contributed by atoms with Crippen LogP contribution in [0.5, 0.6) is 0 Å². The van der Waals surface area contributed by atoms with Crippen LogP contribution in [0.1, 0.15) is 25.7 Å². The Labute approximate surface area is 98.5 Å². The lowest BCUT2D eigenvalue weighted by Gasteiger charge is -2.02. The van der Waals surface area contributed by atoms with Crippen LogP contribution in [0, 0.1) is 0 Å². The maximum Gasteiger partial charge on any atom is 0.303 e.